The minimum Gasteiger partial charge on any atom is -0.384 e. The van der Waals surface area contributed by atoms with Gasteiger partial charge in [-0.2, -0.15) is 26.3 Å². The Bertz CT molecular complexity index is 976. The normalized spacial score (nSPS) is 23.8. The Morgan fingerprint density at radius 3 is 2.40 bits per heavy atom. The Labute approximate surface area is 167 Å². The molecule has 0 saturated heterocycles. The standard InChI is InChI=1S/C19H18F6N4O/c1-9-2-3-11(17(30,10-4-5-10)19(23,24)25)6-12(9)13-7-27-16-15(26)28-14(8-29(13)16)18(20,21)22/h2-3,6-8,10,16,27,30H,4-5H2,1H3,(H2,26,28). The third kappa shape index (κ3) is 3.11. The van der Waals surface area contributed by atoms with Gasteiger partial charge in [-0.25, -0.2) is 4.99 Å². The monoisotopic (exact) mass is 432 g/mol. The maximum Gasteiger partial charge on any atom is 0.434 e. The van der Waals surface area contributed by atoms with Crippen molar-refractivity contribution in [3.8, 4) is 0 Å². The van der Waals surface area contributed by atoms with Crippen LogP contribution in [0.4, 0.5) is 26.3 Å². The summed E-state index contributed by atoms with van der Waals surface area (Å²) in [5, 5.41) is 13.4. The van der Waals surface area contributed by atoms with Crippen LogP contribution in [0.15, 0.2) is 41.3 Å². The number of halogens is 6. The van der Waals surface area contributed by atoms with Gasteiger partial charge in [-0.3, -0.25) is 0 Å². The van der Waals surface area contributed by atoms with Gasteiger partial charge in [0.25, 0.3) is 0 Å². The molecule has 1 aromatic rings. The zero-order valence-electron chi connectivity index (χ0n) is 15.6. The predicted molar refractivity (Wildman–Crippen MR) is 96.4 cm³/mol. The highest BCUT2D eigenvalue weighted by molar-refractivity contribution is 5.91. The first-order valence-corrected chi connectivity index (χ1v) is 9.12. The van der Waals surface area contributed by atoms with Gasteiger partial charge in [0.2, 0.25) is 0 Å². The lowest BCUT2D eigenvalue weighted by Crippen LogP contribution is -2.48. The van der Waals surface area contributed by atoms with E-state index >= 15 is 0 Å². The number of amidine groups is 1. The van der Waals surface area contributed by atoms with Crippen LogP contribution in [0.25, 0.3) is 5.70 Å². The van der Waals surface area contributed by atoms with Crippen molar-refractivity contribution in [3.05, 3.63) is 53.0 Å². The number of hydrogen-bond donors (Lipinski definition) is 3. The van der Waals surface area contributed by atoms with Crippen LogP contribution in [0.2, 0.25) is 0 Å². The van der Waals surface area contributed by atoms with E-state index < -0.39 is 35.7 Å². The van der Waals surface area contributed by atoms with Crippen LogP contribution in [-0.4, -0.2) is 34.4 Å². The molecular formula is C19H18F6N4O. The molecule has 4 N–H and O–H groups in total. The van der Waals surface area contributed by atoms with E-state index in [1.54, 1.807) is 6.92 Å². The maximum absolute atomic E-state index is 13.7. The Morgan fingerprint density at radius 2 is 1.83 bits per heavy atom. The Kier molecular flexibility index (Phi) is 4.39. The summed E-state index contributed by atoms with van der Waals surface area (Å²) in [4.78, 5) is 4.55. The minimum absolute atomic E-state index is 0.194. The van der Waals surface area contributed by atoms with Gasteiger partial charge in [0, 0.05) is 23.9 Å². The smallest absolute Gasteiger partial charge is 0.384 e. The van der Waals surface area contributed by atoms with Crippen molar-refractivity contribution >= 4 is 11.5 Å². The highest BCUT2D eigenvalue weighted by Gasteiger charge is 2.62. The number of alkyl halides is 6. The maximum atomic E-state index is 13.7. The van der Waals surface area contributed by atoms with Crippen molar-refractivity contribution in [2.45, 2.75) is 43.9 Å². The summed E-state index contributed by atoms with van der Waals surface area (Å²) in [6.07, 6.45) is -7.92. The number of aliphatic imine (C=N–C) groups is 1. The van der Waals surface area contributed by atoms with E-state index in [4.69, 9.17) is 5.73 Å². The summed E-state index contributed by atoms with van der Waals surface area (Å²) in [7, 11) is 0. The second-order valence-electron chi connectivity index (χ2n) is 7.62. The number of hydrogen-bond acceptors (Lipinski definition) is 5. The van der Waals surface area contributed by atoms with E-state index in [0.717, 1.165) is 6.20 Å². The van der Waals surface area contributed by atoms with Gasteiger partial charge in [-0.05, 0) is 37.0 Å². The molecule has 0 radical (unpaired) electrons. The molecule has 2 aliphatic heterocycles. The molecule has 0 amide bonds. The second-order valence-corrected chi connectivity index (χ2v) is 7.62. The molecule has 0 bridgehead atoms. The summed E-state index contributed by atoms with van der Waals surface area (Å²) in [5.41, 5.74) is 2.06. The van der Waals surface area contributed by atoms with Gasteiger partial charge in [-0.15, -0.1) is 0 Å². The number of rotatable bonds is 3. The number of allylic oxidation sites excluding steroid dienone is 1. The third-order valence-corrected chi connectivity index (χ3v) is 5.57. The summed E-state index contributed by atoms with van der Waals surface area (Å²) < 4.78 is 80.7. The summed E-state index contributed by atoms with van der Waals surface area (Å²) in [6, 6.07) is 3.79. The van der Waals surface area contributed by atoms with Gasteiger partial charge in [0.05, 0.1) is 5.70 Å². The zero-order chi connectivity index (χ0) is 22.1. The van der Waals surface area contributed by atoms with Gasteiger partial charge >= 0.3 is 12.4 Å². The van der Waals surface area contributed by atoms with Crippen molar-refractivity contribution < 1.29 is 31.4 Å². The predicted octanol–water partition coefficient (Wildman–Crippen LogP) is 3.46. The molecule has 3 aliphatic rings. The lowest BCUT2D eigenvalue weighted by molar-refractivity contribution is -0.275. The summed E-state index contributed by atoms with van der Waals surface area (Å²) >= 11 is 0. The molecule has 1 aliphatic carbocycles. The Balaban J connectivity index is 1.78. The van der Waals surface area contributed by atoms with E-state index in [1.165, 1.54) is 29.3 Å². The summed E-state index contributed by atoms with van der Waals surface area (Å²) in [5.74, 6) is -1.28. The van der Waals surface area contributed by atoms with E-state index in [9.17, 15) is 31.4 Å². The number of nitrogens with zero attached hydrogens (tertiary/aromatic N) is 2. The topological polar surface area (TPSA) is 73.9 Å². The number of benzene rings is 1. The van der Waals surface area contributed by atoms with Crippen LogP contribution in [0.5, 0.6) is 0 Å². The van der Waals surface area contributed by atoms with Gasteiger partial charge in [0.1, 0.15) is 5.84 Å². The van der Waals surface area contributed by atoms with Crippen molar-refractivity contribution in [2.24, 2.45) is 16.6 Å². The van der Waals surface area contributed by atoms with Gasteiger partial charge < -0.3 is 21.1 Å². The number of nitrogens with two attached hydrogens (primary N) is 1. The molecule has 11 heteroatoms. The number of fused-ring (bicyclic) bond motifs is 1. The van der Waals surface area contributed by atoms with Gasteiger partial charge in [-0.1, -0.05) is 12.1 Å². The van der Waals surface area contributed by atoms with E-state index in [1.807, 2.05) is 0 Å². The van der Waals surface area contributed by atoms with Crippen LogP contribution in [0.1, 0.15) is 29.5 Å². The molecule has 2 heterocycles. The molecule has 5 nitrogen and oxygen atoms in total. The molecule has 0 aromatic heterocycles. The molecule has 2 unspecified atom stereocenters. The molecule has 1 aromatic carbocycles. The first-order valence-electron chi connectivity index (χ1n) is 9.12. The van der Waals surface area contributed by atoms with Crippen LogP contribution in [0.3, 0.4) is 0 Å². The average molecular weight is 432 g/mol. The fraction of sp³-hybridized carbons (Fsp3) is 0.421. The van der Waals surface area contributed by atoms with Crippen molar-refractivity contribution in [1.82, 2.24) is 10.2 Å². The molecule has 162 valence electrons. The first-order chi connectivity index (χ1) is 13.8. The van der Waals surface area contributed by atoms with Gasteiger partial charge in [0.15, 0.2) is 17.5 Å². The molecule has 0 spiro atoms. The van der Waals surface area contributed by atoms with Crippen LogP contribution in [-0.2, 0) is 5.60 Å². The first kappa shape index (κ1) is 20.6. The van der Waals surface area contributed by atoms with E-state index in [0.29, 0.717) is 5.56 Å². The van der Waals surface area contributed by atoms with E-state index in [-0.39, 0.29) is 35.5 Å². The number of aliphatic hydroxyl groups is 1. The molecule has 1 fully saturated rings. The number of aryl methyl sites for hydroxylation is 1. The lowest BCUT2D eigenvalue weighted by atomic mass is 9.85. The van der Waals surface area contributed by atoms with Crippen molar-refractivity contribution in [3.63, 3.8) is 0 Å². The second kappa shape index (κ2) is 6.40. The average Bonchev–Trinajstić information content (AvgIpc) is 3.40. The SMILES string of the molecule is Cc1ccc(C(O)(C2CC2)C(F)(F)F)cc1C1=CNC2C(N)=NC(C(F)(F)F)=CN12. The fourth-order valence-electron chi connectivity index (χ4n) is 3.80. The molecule has 30 heavy (non-hydrogen) atoms. The largest absolute Gasteiger partial charge is 0.434 e. The molecule has 1 saturated carbocycles. The lowest BCUT2D eigenvalue weighted by Gasteiger charge is -2.33. The Hall–Kier alpha value is -2.69. The van der Waals surface area contributed by atoms with Crippen LogP contribution >= 0.6 is 0 Å². The fourth-order valence-corrected chi connectivity index (χ4v) is 3.80. The van der Waals surface area contributed by atoms with Crippen LogP contribution in [0, 0.1) is 12.8 Å². The highest BCUT2D eigenvalue weighted by atomic mass is 19.4. The Morgan fingerprint density at radius 1 is 1.17 bits per heavy atom. The third-order valence-electron chi connectivity index (χ3n) is 5.57. The van der Waals surface area contributed by atoms with Crippen molar-refractivity contribution in [2.75, 3.05) is 0 Å². The molecular weight excluding hydrogens is 414 g/mol. The van der Waals surface area contributed by atoms with Crippen LogP contribution < -0.4 is 11.1 Å². The molecule has 4 rings (SSSR count). The number of nitrogens with one attached hydrogen (secondary N) is 1. The van der Waals surface area contributed by atoms with E-state index in [2.05, 4.69) is 10.3 Å². The summed E-state index contributed by atoms with van der Waals surface area (Å²) in [6.45, 7) is 1.62. The quantitative estimate of drug-likeness (QED) is 0.640. The van der Waals surface area contributed by atoms with Crippen molar-refractivity contribution in [1.29, 1.82) is 0 Å². The highest BCUT2D eigenvalue weighted by Crippen LogP contribution is 2.54. The minimum atomic E-state index is -4.89. The molecule has 2 atom stereocenters. The zero-order valence-corrected chi connectivity index (χ0v) is 15.6.